The van der Waals surface area contributed by atoms with E-state index in [2.05, 4.69) is 132 Å². The van der Waals surface area contributed by atoms with E-state index in [1.807, 2.05) is 11.8 Å². The van der Waals surface area contributed by atoms with Gasteiger partial charge in [0.05, 0.1) is 0 Å². The van der Waals surface area contributed by atoms with Gasteiger partial charge in [-0.1, -0.05) is 145 Å². The number of benzene rings is 4. The fraction of sp³-hybridized carbons (Fsp3) is 0.222. The van der Waals surface area contributed by atoms with Crippen LogP contribution in [0.4, 0.5) is 0 Å². The SMILES string of the molecule is Cc1cc(C)c(B2C3=CC4=C(CC3Sc3ccccc32)B(c2c(C)cc(C)cc2C)c2ccccc2S4)c(C)c1. The van der Waals surface area contributed by atoms with Crippen LogP contribution in [0, 0.1) is 41.5 Å². The lowest BCUT2D eigenvalue weighted by Gasteiger charge is -2.40. The van der Waals surface area contributed by atoms with Crippen LogP contribution in [0.5, 0.6) is 0 Å². The largest absolute Gasteiger partial charge is 0.240 e. The minimum Gasteiger partial charge on any atom is -0.119 e. The topological polar surface area (TPSA) is 0 Å². The second-order valence-electron chi connectivity index (χ2n) is 12.0. The molecule has 0 bridgehead atoms. The Morgan fingerprint density at radius 1 is 0.625 bits per heavy atom. The summed E-state index contributed by atoms with van der Waals surface area (Å²) in [6, 6.07) is 27.8. The van der Waals surface area contributed by atoms with E-state index in [9.17, 15) is 0 Å². The van der Waals surface area contributed by atoms with Crippen molar-refractivity contribution in [1.82, 2.24) is 0 Å². The maximum absolute atomic E-state index is 2.61. The predicted molar refractivity (Wildman–Crippen MR) is 179 cm³/mol. The van der Waals surface area contributed by atoms with Crippen molar-refractivity contribution in [3.63, 3.8) is 0 Å². The van der Waals surface area contributed by atoms with E-state index in [1.165, 1.54) is 69.9 Å². The van der Waals surface area contributed by atoms with Crippen LogP contribution in [0.2, 0.25) is 0 Å². The molecule has 4 aromatic rings. The fourth-order valence-corrected chi connectivity index (χ4v) is 10.3. The van der Waals surface area contributed by atoms with Gasteiger partial charge in [0.1, 0.15) is 0 Å². The molecule has 0 aromatic heterocycles. The summed E-state index contributed by atoms with van der Waals surface area (Å²) >= 11 is 4.08. The molecule has 0 radical (unpaired) electrons. The van der Waals surface area contributed by atoms with Crippen molar-refractivity contribution in [1.29, 1.82) is 0 Å². The van der Waals surface area contributed by atoms with E-state index in [0.717, 1.165) is 6.42 Å². The van der Waals surface area contributed by atoms with E-state index < -0.39 is 0 Å². The molecular weight excluding hydrogens is 518 g/mol. The highest BCUT2D eigenvalue weighted by Gasteiger charge is 2.44. The fourth-order valence-electron chi connectivity index (χ4n) is 7.71. The van der Waals surface area contributed by atoms with Crippen molar-refractivity contribution in [2.75, 3.05) is 0 Å². The molecule has 4 aromatic carbocycles. The number of hydrogen-bond acceptors (Lipinski definition) is 2. The molecule has 0 nitrogen and oxygen atoms in total. The number of aryl methyl sites for hydroxylation is 6. The monoisotopic (exact) mass is 552 g/mol. The van der Waals surface area contributed by atoms with Crippen molar-refractivity contribution in [3.8, 4) is 0 Å². The maximum Gasteiger partial charge on any atom is 0.240 e. The van der Waals surface area contributed by atoms with Gasteiger partial charge in [-0.3, -0.25) is 0 Å². The molecule has 2 heterocycles. The third-order valence-corrected chi connectivity index (χ3v) is 11.6. The summed E-state index contributed by atoms with van der Waals surface area (Å²) in [5.41, 5.74) is 17.5. The molecule has 1 unspecified atom stereocenters. The zero-order valence-electron chi connectivity index (χ0n) is 24.3. The first-order valence-corrected chi connectivity index (χ1v) is 16.1. The van der Waals surface area contributed by atoms with Gasteiger partial charge < -0.3 is 0 Å². The van der Waals surface area contributed by atoms with Gasteiger partial charge in [-0.25, -0.2) is 0 Å². The molecule has 4 heteroatoms. The predicted octanol–water partition coefficient (Wildman–Crippen LogP) is 6.70. The highest BCUT2D eigenvalue weighted by Crippen LogP contribution is 2.47. The number of fused-ring (bicyclic) bond motifs is 3. The van der Waals surface area contributed by atoms with Crippen LogP contribution in [0.3, 0.4) is 0 Å². The van der Waals surface area contributed by atoms with E-state index in [0.29, 0.717) is 18.7 Å². The van der Waals surface area contributed by atoms with Gasteiger partial charge in [-0.15, -0.1) is 11.8 Å². The Kier molecular flexibility index (Phi) is 6.48. The van der Waals surface area contributed by atoms with Crippen LogP contribution in [0.1, 0.15) is 39.8 Å². The Hall–Kier alpha value is -2.81. The molecule has 0 fully saturated rings. The third kappa shape index (κ3) is 4.18. The highest BCUT2D eigenvalue weighted by molar-refractivity contribution is 8.04. The molecule has 3 aliphatic rings. The summed E-state index contributed by atoms with van der Waals surface area (Å²) in [7, 11) is 0. The van der Waals surface area contributed by atoms with E-state index >= 15 is 0 Å². The molecular formula is C36H34B2S2. The normalized spacial score (nSPS) is 17.6. The van der Waals surface area contributed by atoms with E-state index in [1.54, 1.807) is 10.9 Å². The minimum atomic E-state index is 0.302. The lowest BCUT2D eigenvalue weighted by molar-refractivity contribution is 0.996. The average Bonchev–Trinajstić information content (AvgIpc) is 2.90. The van der Waals surface area contributed by atoms with Crippen molar-refractivity contribution >= 4 is 58.8 Å². The van der Waals surface area contributed by atoms with Gasteiger partial charge in [0.15, 0.2) is 0 Å². The van der Waals surface area contributed by atoms with Gasteiger partial charge in [-0.05, 0) is 60.1 Å². The quantitative estimate of drug-likeness (QED) is 0.254. The third-order valence-electron chi connectivity index (χ3n) is 9.08. The van der Waals surface area contributed by atoms with Gasteiger partial charge in [0.25, 0.3) is 0 Å². The molecule has 0 amide bonds. The van der Waals surface area contributed by atoms with E-state index in [-0.39, 0.29) is 0 Å². The molecule has 0 saturated heterocycles. The number of hydrogen-bond donors (Lipinski definition) is 0. The Labute approximate surface area is 248 Å². The first-order chi connectivity index (χ1) is 19.3. The van der Waals surface area contributed by atoms with Gasteiger partial charge in [-0.2, -0.15) is 0 Å². The van der Waals surface area contributed by atoms with Gasteiger partial charge in [0, 0.05) is 19.9 Å². The summed E-state index contributed by atoms with van der Waals surface area (Å²) in [4.78, 5) is 4.33. The van der Waals surface area contributed by atoms with Crippen molar-refractivity contribution < 1.29 is 0 Å². The second kappa shape index (κ2) is 9.93. The molecule has 0 spiro atoms. The van der Waals surface area contributed by atoms with Crippen LogP contribution >= 0.6 is 23.5 Å². The van der Waals surface area contributed by atoms with Crippen molar-refractivity contribution in [2.24, 2.45) is 0 Å². The molecule has 7 rings (SSSR count). The molecule has 1 aliphatic carbocycles. The van der Waals surface area contributed by atoms with Gasteiger partial charge in [0.2, 0.25) is 13.4 Å². The lowest BCUT2D eigenvalue weighted by Crippen LogP contribution is -2.55. The molecule has 196 valence electrons. The Bertz CT molecular complexity index is 1720. The van der Waals surface area contributed by atoms with E-state index in [4.69, 9.17) is 0 Å². The zero-order valence-corrected chi connectivity index (χ0v) is 25.9. The zero-order chi connectivity index (χ0) is 27.7. The lowest BCUT2D eigenvalue weighted by atomic mass is 9.31. The molecule has 0 N–H and O–H groups in total. The molecule has 0 saturated carbocycles. The Balaban J connectivity index is 1.46. The number of rotatable bonds is 2. The standard InChI is InChI=1S/C36H34B2S2/c1-21-15-23(3)35(24(4)16-21)37-27-11-7-9-13-31(27)39-33-20-30-34(19-29(33)37)40-32-14-10-8-12-28(32)38(30)36-25(5)17-22(2)18-26(36)6/h7-19,33H,20H2,1-6H3. The smallest absolute Gasteiger partial charge is 0.119 e. The summed E-state index contributed by atoms with van der Waals surface area (Å²) in [5.74, 6) is 0. The summed E-state index contributed by atoms with van der Waals surface area (Å²) < 4.78 is 0. The second-order valence-corrected chi connectivity index (χ2v) is 14.3. The van der Waals surface area contributed by atoms with Crippen LogP contribution in [0.25, 0.3) is 0 Å². The minimum absolute atomic E-state index is 0.302. The number of thioether (sulfide) groups is 2. The highest BCUT2D eigenvalue weighted by atomic mass is 32.2. The molecule has 2 aliphatic heterocycles. The average molecular weight is 552 g/mol. The summed E-state index contributed by atoms with van der Waals surface area (Å²) in [6.45, 7) is 14.3. The van der Waals surface area contributed by atoms with Crippen LogP contribution in [0.15, 0.2) is 105 Å². The van der Waals surface area contributed by atoms with Crippen molar-refractivity contribution in [3.05, 3.63) is 128 Å². The van der Waals surface area contributed by atoms with Crippen LogP contribution in [-0.4, -0.2) is 18.7 Å². The first kappa shape index (κ1) is 26.1. The van der Waals surface area contributed by atoms with Crippen LogP contribution in [-0.2, 0) is 0 Å². The Morgan fingerprint density at radius 3 is 1.73 bits per heavy atom. The number of allylic oxidation sites excluding steroid dienone is 2. The Morgan fingerprint density at radius 2 is 1.12 bits per heavy atom. The summed E-state index contributed by atoms with van der Waals surface area (Å²) in [5, 5.41) is 0.443. The molecule has 1 atom stereocenters. The van der Waals surface area contributed by atoms with Crippen LogP contribution < -0.4 is 21.9 Å². The maximum atomic E-state index is 2.61. The van der Waals surface area contributed by atoms with Gasteiger partial charge >= 0.3 is 0 Å². The summed E-state index contributed by atoms with van der Waals surface area (Å²) in [6.07, 6.45) is 3.71. The first-order valence-electron chi connectivity index (χ1n) is 14.4. The molecule has 40 heavy (non-hydrogen) atoms. The van der Waals surface area contributed by atoms with Crippen molar-refractivity contribution in [2.45, 2.75) is 63.0 Å².